The van der Waals surface area contributed by atoms with Crippen LogP contribution >= 0.6 is 15.9 Å². The molecule has 0 amide bonds. The first-order valence-corrected chi connectivity index (χ1v) is 6.05. The van der Waals surface area contributed by atoms with Gasteiger partial charge in [-0.15, -0.1) is 0 Å². The Morgan fingerprint density at radius 3 is 2.67 bits per heavy atom. The Morgan fingerprint density at radius 1 is 1.47 bits per heavy atom. The SMILES string of the molecule is CCC(CN)(CCO)c1cccc(Br)c1. The van der Waals surface area contributed by atoms with E-state index in [1.54, 1.807) is 0 Å². The van der Waals surface area contributed by atoms with E-state index >= 15 is 0 Å². The topological polar surface area (TPSA) is 46.2 Å². The van der Waals surface area contributed by atoms with Gasteiger partial charge in [-0.3, -0.25) is 0 Å². The molecule has 1 unspecified atom stereocenters. The average molecular weight is 272 g/mol. The maximum atomic E-state index is 9.13. The van der Waals surface area contributed by atoms with Crippen LogP contribution in [0, 0.1) is 0 Å². The normalized spacial score (nSPS) is 14.9. The molecule has 0 aliphatic rings. The van der Waals surface area contributed by atoms with Crippen molar-refractivity contribution >= 4 is 15.9 Å². The van der Waals surface area contributed by atoms with Crippen LogP contribution in [0.5, 0.6) is 0 Å². The molecule has 0 heterocycles. The van der Waals surface area contributed by atoms with E-state index in [4.69, 9.17) is 10.8 Å². The molecule has 0 saturated heterocycles. The lowest BCUT2D eigenvalue weighted by Crippen LogP contribution is -2.35. The van der Waals surface area contributed by atoms with Gasteiger partial charge >= 0.3 is 0 Å². The Hall–Kier alpha value is -0.380. The fourth-order valence-electron chi connectivity index (χ4n) is 1.92. The first kappa shape index (κ1) is 12.7. The van der Waals surface area contributed by atoms with Crippen LogP contribution in [0.15, 0.2) is 28.7 Å². The van der Waals surface area contributed by atoms with Crippen LogP contribution in [0.3, 0.4) is 0 Å². The molecule has 1 rings (SSSR count). The van der Waals surface area contributed by atoms with Gasteiger partial charge in [0, 0.05) is 23.0 Å². The molecule has 1 atom stereocenters. The molecule has 0 saturated carbocycles. The predicted molar refractivity (Wildman–Crippen MR) is 66.9 cm³/mol. The van der Waals surface area contributed by atoms with Gasteiger partial charge in [0.2, 0.25) is 0 Å². The van der Waals surface area contributed by atoms with Gasteiger partial charge in [-0.1, -0.05) is 35.0 Å². The predicted octanol–water partition coefficient (Wildman–Crippen LogP) is 2.44. The summed E-state index contributed by atoms with van der Waals surface area (Å²) in [5.41, 5.74) is 6.98. The lowest BCUT2D eigenvalue weighted by Gasteiger charge is -2.31. The van der Waals surface area contributed by atoms with Crippen LogP contribution in [0.25, 0.3) is 0 Å². The van der Waals surface area contributed by atoms with Crippen molar-refractivity contribution in [3.05, 3.63) is 34.3 Å². The van der Waals surface area contributed by atoms with Crippen molar-refractivity contribution in [2.24, 2.45) is 5.73 Å². The Balaban J connectivity index is 3.07. The fraction of sp³-hybridized carbons (Fsp3) is 0.500. The molecule has 15 heavy (non-hydrogen) atoms. The van der Waals surface area contributed by atoms with E-state index in [-0.39, 0.29) is 12.0 Å². The van der Waals surface area contributed by atoms with Gasteiger partial charge in [-0.25, -0.2) is 0 Å². The van der Waals surface area contributed by atoms with Gasteiger partial charge < -0.3 is 10.8 Å². The molecule has 3 heteroatoms. The second-order valence-electron chi connectivity index (χ2n) is 3.82. The van der Waals surface area contributed by atoms with Crippen molar-refractivity contribution in [2.75, 3.05) is 13.2 Å². The lowest BCUT2D eigenvalue weighted by molar-refractivity contribution is 0.234. The number of aliphatic hydroxyl groups is 1. The van der Waals surface area contributed by atoms with Crippen LogP contribution in [0.1, 0.15) is 25.3 Å². The van der Waals surface area contributed by atoms with Gasteiger partial charge in [-0.2, -0.15) is 0 Å². The minimum absolute atomic E-state index is 0.0848. The minimum atomic E-state index is -0.0848. The molecule has 0 aliphatic heterocycles. The minimum Gasteiger partial charge on any atom is -0.396 e. The molecule has 1 aromatic carbocycles. The van der Waals surface area contributed by atoms with Crippen molar-refractivity contribution in [2.45, 2.75) is 25.2 Å². The van der Waals surface area contributed by atoms with E-state index < -0.39 is 0 Å². The highest BCUT2D eigenvalue weighted by atomic mass is 79.9. The number of rotatable bonds is 5. The van der Waals surface area contributed by atoms with Crippen molar-refractivity contribution in [1.29, 1.82) is 0 Å². The quantitative estimate of drug-likeness (QED) is 0.864. The van der Waals surface area contributed by atoms with E-state index in [2.05, 4.69) is 35.0 Å². The molecule has 84 valence electrons. The Kier molecular flexibility index (Phi) is 4.77. The van der Waals surface area contributed by atoms with Gasteiger partial charge in [-0.05, 0) is 30.5 Å². The van der Waals surface area contributed by atoms with Crippen LogP contribution in [-0.2, 0) is 5.41 Å². The van der Waals surface area contributed by atoms with Gasteiger partial charge in [0.1, 0.15) is 0 Å². The number of benzene rings is 1. The third kappa shape index (κ3) is 2.80. The van der Waals surface area contributed by atoms with Crippen LogP contribution in [0.4, 0.5) is 0 Å². The zero-order chi connectivity index (χ0) is 11.3. The third-order valence-electron chi connectivity index (χ3n) is 3.09. The fourth-order valence-corrected chi connectivity index (χ4v) is 2.32. The van der Waals surface area contributed by atoms with Gasteiger partial charge in [0.25, 0.3) is 0 Å². The molecular formula is C12H18BrNO. The van der Waals surface area contributed by atoms with Gasteiger partial charge in [0.15, 0.2) is 0 Å². The Bertz CT molecular complexity index is 310. The molecule has 3 N–H and O–H groups in total. The van der Waals surface area contributed by atoms with Gasteiger partial charge in [0.05, 0.1) is 0 Å². The lowest BCUT2D eigenvalue weighted by atomic mass is 9.76. The largest absolute Gasteiger partial charge is 0.396 e. The summed E-state index contributed by atoms with van der Waals surface area (Å²) in [7, 11) is 0. The number of halogens is 1. The average Bonchev–Trinajstić information content (AvgIpc) is 2.26. The molecule has 0 radical (unpaired) electrons. The number of hydrogen-bond donors (Lipinski definition) is 2. The highest BCUT2D eigenvalue weighted by Crippen LogP contribution is 2.31. The number of aliphatic hydroxyl groups excluding tert-OH is 1. The highest BCUT2D eigenvalue weighted by Gasteiger charge is 2.28. The van der Waals surface area contributed by atoms with E-state index in [1.807, 2.05) is 12.1 Å². The number of nitrogens with two attached hydrogens (primary N) is 1. The molecule has 0 aromatic heterocycles. The van der Waals surface area contributed by atoms with E-state index in [9.17, 15) is 0 Å². The molecule has 0 bridgehead atoms. The van der Waals surface area contributed by atoms with Crippen molar-refractivity contribution in [1.82, 2.24) is 0 Å². The monoisotopic (exact) mass is 271 g/mol. The van der Waals surface area contributed by atoms with E-state index in [0.717, 1.165) is 17.3 Å². The van der Waals surface area contributed by atoms with Crippen molar-refractivity contribution < 1.29 is 5.11 Å². The maximum Gasteiger partial charge on any atom is 0.0440 e. The first-order valence-electron chi connectivity index (χ1n) is 5.25. The van der Waals surface area contributed by atoms with Crippen molar-refractivity contribution in [3.8, 4) is 0 Å². The second kappa shape index (κ2) is 5.64. The molecular weight excluding hydrogens is 254 g/mol. The smallest absolute Gasteiger partial charge is 0.0440 e. The van der Waals surface area contributed by atoms with Crippen LogP contribution < -0.4 is 5.73 Å². The summed E-state index contributed by atoms with van der Waals surface area (Å²) in [6.07, 6.45) is 1.66. The summed E-state index contributed by atoms with van der Waals surface area (Å²) in [4.78, 5) is 0. The summed E-state index contributed by atoms with van der Waals surface area (Å²) in [5, 5.41) is 9.13. The third-order valence-corrected chi connectivity index (χ3v) is 3.59. The zero-order valence-corrected chi connectivity index (χ0v) is 10.6. The molecule has 0 spiro atoms. The summed E-state index contributed by atoms with van der Waals surface area (Å²) < 4.78 is 1.06. The Morgan fingerprint density at radius 2 is 2.20 bits per heavy atom. The Labute approximate surface area is 99.6 Å². The molecule has 2 nitrogen and oxygen atoms in total. The van der Waals surface area contributed by atoms with Crippen molar-refractivity contribution in [3.63, 3.8) is 0 Å². The summed E-state index contributed by atoms with van der Waals surface area (Å²) >= 11 is 3.46. The van der Waals surface area contributed by atoms with E-state index in [0.29, 0.717) is 6.54 Å². The summed E-state index contributed by atoms with van der Waals surface area (Å²) in [6.45, 7) is 2.86. The van der Waals surface area contributed by atoms with Crippen LogP contribution in [-0.4, -0.2) is 18.3 Å². The second-order valence-corrected chi connectivity index (χ2v) is 4.74. The number of hydrogen-bond acceptors (Lipinski definition) is 2. The standard InChI is InChI=1S/C12H18BrNO/c1-2-12(9-14,6-7-15)10-4-3-5-11(13)8-10/h3-5,8,15H,2,6-7,9,14H2,1H3. The summed E-state index contributed by atoms with van der Waals surface area (Å²) in [6, 6.07) is 8.18. The molecule has 0 aliphatic carbocycles. The summed E-state index contributed by atoms with van der Waals surface area (Å²) in [5.74, 6) is 0. The molecule has 1 aromatic rings. The van der Waals surface area contributed by atoms with E-state index in [1.165, 1.54) is 5.56 Å². The highest BCUT2D eigenvalue weighted by molar-refractivity contribution is 9.10. The zero-order valence-electron chi connectivity index (χ0n) is 9.04. The maximum absolute atomic E-state index is 9.13. The molecule has 0 fully saturated rings. The van der Waals surface area contributed by atoms with Crippen LogP contribution in [0.2, 0.25) is 0 Å². The first-order chi connectivity index (χ1) is 7.18.